The smallest absolute Gasteiger partial charge is 0.193 e. The van der Waals surface area contributed by atoms with Gasteiger partial charge in [-0.05, 0) is 18.2 Å². The zero-order chi connectivity index (χ0) is 19.3. The second-order valence-electron chi connectivity index (χ2n) is 7.65. The Balaban J connectivity index is 1.52. The lowest BCUT2D eigenvalue weighted by molar-refractivity contribution is -0.0973. The average molecular weight is 377 g/mol. The highest BCUT2D eigenvalue weighted by atomic mass is 16.5. The van der Waals surface area contributed by atoms with Crippen LogP contribution in [0.4, 0.5) is 0 Å². The van der Waals surface area contributed by atoms with Crippen molar-refractivity contribution in [1.29, 1.82) is 0 Å². The largest absolute Gasteiger partial charge is 0.497 e. The van der Waals surface area contributed by atoms with E-state index in [-0.39, 0.29) is 5.41 Å². The third kappa shape index (κ3) is 4.84. The van der Waals surface area contributed by atoms with E-state index >= 15 is 0 Å². The Morgan fingerprint density at radius 3 is 2.48 bits per heavy atom. The van der Waals surface area contributed by atoms with Gasteiger partial charge in [-0.25, -0.2) is 0 Å². The number of methoxy groups -OCH3 is 2. The molecule has 3 rings (SSSR count). The van der Waals surface area contributed by atoms with Gasteiger partial charge in [-0.15, -0.1) is 0 Å². The number of nitrogens with zero attached hydrogens (tertiary/aromatic N) is 3. The summed E-state index contributed by atoms with van der Waals surface area (Å²) in [5.41, 5.74) is 1.39. The van der Waals surface area contributed by atoms with Gasteiger partial charge in [-0.2, -0.15) is 0 Å². The molecule has 0 spiro atoms. The van der Waals surface area contributed by atoms with Crippen LogP contribution in [-0.2, 0) is 11.3 Å². The summed E-state index contributed by atoms with van der Waals surface area (Å²) in [6.07, 6.45) is 0. The molecule has 7 heteroatoms. The Hall–Kier alpha value is -1.99. The van der Waals surface area contributed by atoms with Crippen LogP contribution in [0.2, 0.25) is 0 Å². The fourth-order valence-electron chi connectivity index (χ4n) is 3.54. The molecule has 2 aliphatic heterocycles. The van der Waals surface area contributed by atoms with Gasteiger partial charge in [0.2, 0.25) is 0 Å². The maximum absolute atomic E-state index is 5.51. The quantitative estimate of drug-likeness (QED) is 0.599. The number of aliphatic imine (C=N–C) groups is 1. The molecule has 2 aliphatic rings. The van der Waals surface area contributed by atoms with Gasteiger partial charge in [0, 0.05) is 57.3 Å². The molecule has 2 fully saturated rings. The van der Waals surface area contributed by atoms with Gasteiger partial charge in [0.1, 0.15) is 11.5 Å². The van der Waals surface area contributed by atoms with Crippen LogP contribution in [0.25, 0.3) is 0 Å². The number of hydrogen-bond donors (Lipinski definition) is 1. The van der Waals surface area contributed by atoms with Gasteiger partial charge in [-0.1, -0.05) is 6.92 Å². The van der Waals surface area contributed by atoms with Gasteiger partial charge in [0.05, 0.1) is 27.4 Å². The summed E-state index contributed by atoms with van der Waals surface area (Å²) >= 11 is 0. The summed E-state index contributed by atoms with van der Waals surface area (Å²) in [6, 6.07) is 5.97. The molecular formula is C20H32N4O3. The van der Waals surface area contributed by atoms with Gasteiger partial charge >= 0.3 is 0 Å². The van der Waals surface area contributed by atoms with E-state index < -0.39 is 0 Å². The predicted molar refractivity (Wildman–Crippen MR) is 107 cm³/mol. The molecule has 27 heavy (non-hydrogen) atoms. The summed E-state index contributed by atoms with van der Waals surface area (Å²) in [6.45, 7) is 9.55. The fourth-order valence-corrected chi connectivity index (χ4v) is 3.54. The Kier molecular flexibility index (Phi) is 6.44. The van der Waals surface area contributed by atoms with E-state index in [0.717, 1.165) is 75.5 Å². The molecule has 1 aromatic rings. The lowest BCUT2D eigenvalue weighted by atomic mass is 9.89. The van der Waals surface area contributed by atoms with Crippen LogP contribution in [0.3, 0.4) is 0 Å². The highest BCUT2D eigenvalue weighted by molar-refractivity contribution is 5.80. The topological polar surface area (TPSA) is 58.6 Å². The van der Waals surface area contributed by atoms with E-state index in [1.54, 1.807) is 14.2 Å². The first-order valence-corrected chi connectivity index (χ1v) is 9.53. The van der Waals surface area contributed by atoms with Gasteiger partial charge in [-0.3, -0.25) is 9.89 Å². The summed E-state index contributed by atoms with van der Waals surface area (Å²) in [4.78, 5) is 9.25. The first-order chi connectivity index (χ1) is 13.1. The highest BCUT2D eigenvalue weighted by Crippen LogP contribution is 2.26. The molecule has 0 aliphatic carbocycles. The summed E-state index contributed by atoms with van der Waals surface area (Å²) in [7, 11) is 5.26. The van der Waals surface area contributed by atoms with E-state index in [0.29, 0.717) is 0 Å². The van der Waals surface area contributed by atoms with Crippen molar-refractivity contribution in [3.63, 3.8) is 0 Å². The Morgan fingerprint density at radius 1 is 1.19 bits per heavy atom. The molecule has 7 nitrogen and oxygen atoms in total. The van der Waals surface area contributed by atoms with Crippen molar-refractivity contribution in [2.75, 3.05) is 67.2 Å². The average Bonchev–Trinajstić information content (AvgIpc) is 2.68. The third-order valence-electron chi connectivity index (χ3n) is 5.34. The van der Waals surface area contributed by atoms with E-state index in [2.05, 4.69) is 33.1 Å². The Bertz CT molecular complexity index is 653. The molecule has 0 aromatic heterocycles. The van der Waals surface area contributed by atoms with Crippen LogP contribution in [0, 0.1) is 5.41 Å². The minimum atomic E-state index is 0.237. The number of rotatable bonds is 6. The van der Waals surface area contributed by atoms with Crippen LogP contribution in [0.5, 0.6) is 11.5 Å². The maximum atomic E-state index is 5.51. The third-order valence-corrected chi connectivity index (χ3v) is 5.34. The van der Waals surface area contributed by atoms with Crippen molar-refractivity contribution in [1.82, 2.24) is 15.1 Å². The van der Waals surface area contributed by atoms with Crippen molar-refractivity contribution in [3.8, 4) is 11.5 Å². The summed E-state index contributed by atoms with van der Waals surface area (Å²) < 4.78 is 16.2. The normalized spacial score (nSPS) is 20.1. The van der Waals surface area contributed by atoms with Crippen LogP contribution < -0.4 is 14.8 Å². The second-order valence-corrected chi connectivity index (χ2v) is 7.65. The molecule has 1 aromatic carbocycles. The van der Waals surface area contributed by atoms with Crippen LogP contribution in [0.1, 0.15) is 12.5 Å². The fraction of sp³-hybridized carbons (Fsp3) is 0.650. The Labute approximate surface area is 162 Å². The van der Waals surface area contributed by atoms with E-state index in [1.807, 2.05) is 19.2 Å². The highest BCUT2D eigenvalue weighted by Gasteiger charge is 2.33. The minimum absolute atomic E-state index is 0.237. The summed E-state index contributed by atoms with van der Waals surface area (Å²) in [5.74, 6) is 2.76. The first-order valence-electron chi connectivity index (χ1n) is 9.53. The number of benzene rings is 1. The van der Waals surface area contributed by atoms with Crippen LogP contribution in [-0.4, -0.2) is 83.0 Å². The molecule has 150 valence electrons. The standard InChI is InChI=1S/C20H32N4O3/c1-20(14-27-15-20)13-22-19(21-2)24-9-7-23(8-10-24)12-16-11-17(25-3)5-6-18(16)26-4/h5-6,11H,7-10,12-15H2,1-4H3,(H,21,22). The van der Waals surface area contributed by atoms with Crippen molar-refractivity contribution < 1.29 is 14.2 Å². The summed E-state index contributed by atoms with van der Waals surface area (Å²) in [5, 5.41) is 3.52. The number of piperazine rings is 1. The number of hydrogen-bond acceptors (Lipinski definition) is 5. The van der Waals surface area contributed by atoms with Crippen molar-refractivity contribution in [2.24, 2.45) is 10.4 Å². The molecule has 0 unspecified atom stereocenters. The molecule has 2 heterocycles. The number of nitrogens with one attached hydrogen (secondary N) is 1. The second kappa shape index (κ2) is 8.80. The van der Waals surface area contributed by atoms with Crippen molar-refractivity contribution >= 4 is 5.96 Å². The SMILES string of the molecule is CN=C(NCC1(C)COC1)N1CCN(Cc2cc(OC)ccc2OC)CC1. The molecule has 0 atom stereocenters. The Morgan fingerprint density at radius 2 is 1.93 bits per heavy atom. The number of ether oxygens (including phenoxy) is 3. The monoisotopic (exact) mass is 376 g/mol. The van der Waals surface area contributed by atoms with Gasteiger partial charge in [0.25, 0.3) is 0 Å². The predicted octanol–water partition coefficient (Wildman–Crippen LogP) is 1.43. The van der Waals surface area contributed by atoms with E-state index in [4.69, 9.17) is 14.2 Å². The van der Waals surface area contributed by atoms with Crippen molar-refractivity contribution in [2.45, 2.75) is 13.5 Å². The lowest BCUT2D eigenvalue weighted by Crippen LogP contribution is -2.55. The molecule has 0 bridgehead atoms. The molecule has 2 saturated heterocycles. The van der Waals surface area contributed by atoms with Gasteiger partial charge < -0.3 is 24.4 Å². The van der Waals surface area contributed by atoms with Gasteiger partial charge in [0.15, 0.2) is 5.96 Å². The molecule has 0 amide bonds. The van der Waals surface area contributed by atoms with Crippen LogP contribution >= 0.6 is 0 Å². The molecule has 0 radical (unpaired) electrons. The van der Waals surface area contributed by atoms with E-state index in [9.17, 15) is 0 Å². The van der Waals surface area contributed by atoms with Crippen LogP contribution in [0.15, 0.2) is 23.2 Å². The van der Waals surface area contributed by atoms with E-state index in [1.165, 1.54) is 0 Å². The molecule has 1 N–H and O–H groups in total. The first kappa shape index (κ1) is 19.8. The zero-order valence-electron chi connectivity index (χ0n) is 17.0. The molecule has 0 saturated carbocycles. The maximum Gasteiger partial charge on any atom is 0.193 e. The molecular weight excluding hydrogens is 344 g/mol. The number of guanidine groups is 1. The zero-order valence-corrected chi connectivity index (χ0v) is 17.0. The van der Waals surface area contributed by atoms with Crippen molar-refractivity contribution in [3.05, 3.63) is 23.8 Å². The lowest BCUT2D eigenvalue weighted by Gasteiger charge is -2.41. The minimum Gasteiger partial charge on any atom is -0.497 e.